The summed E-state index contributed by atoms with van der Waals surface area (Å²) in [5, 5.41) is 3.02. The molecule has 1 heterocycles. The molecule has 7 nitrogen and oxygen atoms in total. The van der Waals surface area contributed by atoms with E-state index in [9.17, 15) is 4.79 Å². The van der Waals surface area contributed by atoms with Gasteiger partial charge in [0.15, 0.2) is 11.5 Å². The van der Waals surface area contributed by atoms with Crippen LogP contribution in [0.4, 0.5) is 4.79 Å². The summed E-state index contributed by atoms with van der Waals surface area (Å²) in [7, 11) is 7.42. The first-order chi connectivity index (χ1) is 12.5. The molecule has 26 heavy (non-hydrogen) atoms. The maximum Gasteiger partial charge on any atom is 0.317 e. The minimum absolute atomic E-state index is 0.0257. The molecular weight excluding hydrogens is 332 g/mol. The van der Waals surface area contributed by atoms with Gasteiger partial charge in [-0.2, -0.15) is 0 Å². The van der Waals surface area contributed by atoms with Crippen LogP contribution in [0, 0.1) is 0 Å². The fraction of sp³-hybridized carbons (Fsp3) is 0.632. The summed E-state index contributed by atoms with van der Waals surface area (Å²) < 4.78 is 10.6. The van der Waals surface area contributed by atoms with Crippen LogP contribution < -0.4 is 14.8 Å². The number of ether oxygens (including phenoxy) is 2. The molecule has 0 saturated carbocycles. The molecule has 1 aromatic carbocycles. The minimum atomic E-state index is 0.0257. The average molecular weight is 364 g/mol. The molecule has 0 aliphatic carbocycles. The van der Waals surface area contributed by atoms with E-state index < -0.39 is 0 Å². The van der Waals surface area contributed by atoms with Gasteiger partial charge < -0.3 is 24.6 Å². The second-order valence-corrected chi connectivity index (χ2v) is 6.80. The zero-order chi connectivity index (χ0) is 18.9. The molecule has 0 aromatic heterocycles. The molecule has 1 N–H and O–H groups in total. The lowest BCUT2D eigenvalue weighted by Crippen LogP contribution is -2.52. The van der Waals surface area contributed by atoms with Crippen LogP contribution >= 0.6 is 0 Å². The van der Waals surface area contributed by atoms with Crippen molar-refractivity contribution in [3.8, 4) is 11.5 Å². The fourth-order valence-corrected chi connectivity index (χ4v) is 2.98. The number of amides is 2. The molecule has 0 unspecified atom stereocenters. The third-order valence-electron chi connectivity index (χ3n) is 4.66. The van der Waals surface area contributed by atoms with Gasteiger partial charge in [0.2, 0.25) is 0 Å². The molecule has 1 fully saturated rings. The third kappa shape index (κ3) is 6.07. The topological polar surface area (TPSA) is 57.3 Å². The van der Waals surface area contributed by atoms with Crippen LogP contribution in [0.15, 0.2) is 18.2 Å². The first kappa shape index (κ1) is 20.3. The van der Waals surface area contributed by atoms with Crippen molar-refractivity contribution in [2.75, 3.05) is 74.1 Å². The Hall–Kier alpha value is -1.99. The van der Waals surface area contributed by atoms with E-state index in [0.29, 0.717) is 18.0 Å². The van der Waals surface area contributed by atoms with Crippen molar-refractivity contribution in [2.24, 2.45) is 0 Å². The zero-order valence-corrected chi connectivity index (χ0v) is 16.5. The van der Waals surface area contributed by atoms with Gasteiger partial charge in [-0.05, 0) is 38.2 Å². The lowest BCUT2D eigenvalue weighted by molar-refractivity contribution is 0.133. The molecule has 2 amide bonds. The molecule has 0 bridgehead atoms. The summed E-state index contributed by atoms with van der Waals surface area (Å²) in [5.41, 5.74) is 1.11. The first-order valence-corrected chi connectivity index (χ1v) is 9.14. The van der Waals surface area contributed by atoms with Crippen LogP contribution in [-0.4, -0.2) is 94.9 Å². The van der Waals surface area contributed by atoms with Crippen molar-refractivity contribution >= 4 is 6.03 Å². The molecule has 0 radical (unpaired) electrons. The van der Waals surface area contributed by atoms with Gasteiger partial charge in [0.1, 0.15) is 0 Å². The third-order valence-corrected chi connectivity index (χ3v) is 4.66. The monoisotopic (exact) mass is 364 g/mol. The number of carbonyl (C=O) groups is 1. The highest BCUT2D eigenvalue weighted by Gasteiger charge is 2.20. The molecule has 2 rings (SSSR count). The molecule has 1 saturated heterocycles. The van der Waals surface area contributed by atoms with E-state index in [-0.39, 0.29) is 6.03 Å². The summed E-state index contributed by atoms with van der Waals surface area (Å²) in [6, 6.07) is 5.87. The highest BCUT2D eigenvalue weighted by Crippen LogP contribution is 2.27. The van der Waals surface area contributed by atoms with Crippen LogP contribution in [0.25, 0.3) is 0 Å². The van der Waals surface area contributed by atoms with Crippen molar-refractivity contribution in [1.82, 2.24) is 20.0 Å². The number of hydrogen-bond donors (Lipinski definition) is 1. The van der Waals surface area contributed by atoms with E-state index in [0.717, 1.165) is 51.3 Å². The number of piperazine rings is 1. The number of rotatable bonds is 8. The van der Waals surface area contributed by atoms with Crippen molar-refractivity contribution in [3.05, 3.63) is 23.8 Å². The standard InChI is InChI=1S/C19H32N4O3/c1-21(2)9-10-22-11-13-23(14-12-22)19(24)20-8-7-16-5-6-17(25-3)18(15-16)26-4/h5-6,15H,7-14H2,1-4H3,(H,20,24). The van der Waals surface area contributed by atoms with Crippen molar-refractivity contribution in [3.63, 3.8) is 0 Å². The Morgan fingerprint density at radius 1 is 1.12 bits per heavy atom. The quantitative estimate of drug-likeness (QED) is 0.750. The molecule has 7 heteroatoms. The number of nitrogens with one attached hydrogen (secondary N) is 1. The Morgan fingerprint density at radius 3 is 2.42 bits per heavy atom. The maximum absolute atomic E-state index is 12.3. The van der Waals surface area contributed by atoms with Gasteiger partial charge in [-0.3, -0.25) is 4.90 Å². The lowest BCUT2D eigenvalue weighted by atomic mass is 10.1. The van der Waals surface area contributed by atoms with Gasteiger partial charge >= 0.3 is 6.03 Å². The van der Waals surface area contributed by atoms with Crippen molar-refractivity contribution < 1.29 is 14.3 Å². The van der Waals surface area contributed by atoms with E-state index in [1.165, 1.54) is 0 Å². The SMILES string of the molecule is COc1ccc(CCNC(=O)N2CCN(CCN(C)C)CC2)cc1OC. The largest absolute Gasteiger partial charge is 0.493 e. The van der Waals surface area contributed by atoms with Crippen molar-refractivity contribution in [1.29, 1.82) is 0 Å². The number of carbonyl (C=O) groups excluding carboxylic acids is 1. The number of hydrogen-bond acceptors (Lipinski definition) is 5. The second-order valence-electron chi connectivity index (χ2n) is 6.80. The van der Waals surface area contributed by atoms with Gasteiger partial charge in [-0.15, -0.1) is 0 Å². The number of nitrogens with zero attached hydrogens (tertiary/aromatic N) is 3. The van der Waals surface area contributed by atoms with E-state index in [1.807, 2.05) is 23.1 Å². The van der Waals surface area contributed by atoms with E-state index >= 15 is 0 Å². The van der Waals surface area contributed by atoms with E-state index in [1.54, 1.807) is 14.2 Å². The molecule has 1 aromatic rings. The Morgan fingerprint density at radius 2 is 1.81 bits per heavy atom. The number of benzene rings is 1. The lowest BCUT2D eigenvalue weighted by Gasteiger charge is -2.35. The smallest absolute Gasteiger partial charge is 0.317 e. The van der Waals surface area contributed by atoms with Crippen LogP contribution in [0.5, 0.6) is 11.5 Å². The van der Waals surface area contributed by atoms with Crippen LogP contribution in [0.1, 0.15) is 5.56 Å². The predicted molar refractivity (Wildman–Crippen MR) is 103 cm³/mol. The fourth-order valence-electron chi connectivity index (χ4n) is 2.98. The highest BCUT2D eigenvalue weighted by atomic mass is 16.5. The maximum atomic E-state index is 12.3. The normalized spacial score (nSPS) is 15.2. The summed E-state index contributed by atoms with van der Waals surface area (Å²) in [4.78, 5) is 18.8. The zero-order valence-electron chi connectivity index (χ0n) is 16.5. The number of methoxy groups -OCH3 is 2. The van der Waals surface area contributed by atoms with E-state index in [4.69, 9.17) is 9.47 Å². The van der Waals surface area contributed by atoms with Gasteiger partial charge in [-0.25, -0.2) is 4.79 Å². The summed E-state index contributed by atoms with van der Waals surface area (Å²) in [6.45, 7) is 6.17. The van der Waals surface area contributed by atoms with Crippen LogP contribution in [0.3, 0.4) is 0 Å². The number of urea groups is 1. The summed E-state index contributed by atoms with van der Waals surface area (Å²) in [5.74, 6) is 1.43. The number of likely N-dealkylation sites (N-methyl/N-ethyl adjacent to an activating group) is 1. The molecule has 1 aliphatic rings. The van der Waals surface area contributed by atoms with Gasteiger partial charge in [0.25, 0.3) is 0 Å². The van der Waals surface area contributed by atoms with Gasteiger partial charge in [-0.1, -0.05) is 6.07 Å². The summed E-state index contributed by atoms with van der Waals surface area (Å²) in [6.07, 6.45) is 0.759. The van der Waals surface area contributed by atoms with Crippen LogP contribution in [-0.2, 0) is 6.42 Å². The van der Waals surface area contributed by atoms with Crippen LogP contribution in [0.2, 0.25) is 0 Å². The Bertz CT molecular complexity index is 572. The summed E-state index contributed by atoms with van der Waals surface area (Å²) >= 11 is 0. The van der Waals surface area contributed by atoms with E-state index in [2.05, 4.69) is 29.2 Å². The Balaban J connectivity index is 1.71. The molecule has 1 aliphatic heterocycles. The Labute approximate surface area is 156 Å². The van der Waals surface area contributed by atoms with Gasteiger partial charge in [0.05, 0.1) is 14.2 Å². The van der Waals surface area contributed by atoms with Crippen molar-refractivity contribution in [2.45, 2.75) is 6.42 Å². The molecule has 146 valence electrons. The predicted octanol–water partition coefficient (Wildman–Crippen LogP) is 1.14. The minimum Gasteiger partial charge on any atom is -0.493 e. The van der Waals surface area contributed by atoms with Gasteiger partial charge in [0, 0.05) is 45.8 Å². The second kappa shape index (κ2) is 10.2. The molecule has 0 atom stereocenters. The average Bonchev–Trinajstić information content (AvgIpc) is 2.66. The molecular formula is C19H32N4O3. The first-order valence-electron chi connectivity index (χ1n) is 9.14. The Kier molecular flexibility index (Phi) is 8.00. The highest BCUT2D eigenvalue weighted by molar-refractivity contribution is 5.74. The molecule has 0 spiro atoms.